The van der Waals surface area contributed by atoms with Gasteiger partial charge in [-0.05, 0) is 20.0 Å². The van der Waals surface area contributed by atoms with Gasteiger partial charge in [-0.1, -0.05) is 0 Å². The van der Waals surface area contributed by atoms with Gasteiger partial charge < -0.3 is 19.3 Å². The van der Waals surface area contributed by atoms with Crippen molar-refractivity contribution in [3.8, 4) is 5.75 Å². The molecule has 5 heteroatoms. The highest BCUT2D eigenvalue weighted by Gasteiger charge is 2.13. The second-order valence-corrected chi connectivity index (χ2v) is 4.86. The van der Waals surface area contributed by atoms with Gasteiger partial charge in [-0.25, -0.2) is 0 Å². The maximum Gasteiger partial charge on any atom is 0.139 e. The van der Waals surface area contributed by atoms with Gasteiger partial charge in [-0.3, -0.25) is 4.98 Å². The van der Waals surface area contributed by atoms with E-state index < -0.39 is 0 Å². The first kappa shape index (κ1) is 14.1. The molecule has 5 nitrogen and oxygen atoms in total. The molecule has 1 aliphatic heterocycles. The molecular weight excluding hydrogens is 242 g/mol. The van der Waals surface area contributed by atoms with Crippen molar-refractivity contribution >= 4 is 5.69 Å². The summed E-state index contributed by atoms with van der Waals surface area (Å²) in [5.74, 6) is 0.812. The smallest absolute Gasteiger partial charge is 0.139 e. The molecule has 0 aliphatic carbocycles. The average Bonchev–Trinajstić information content (AvgIpc) is 2.64. The summed E-state index contributed by atoms with van der Waals surface area (Å²) in [5.41, 5.74) is 1.14. The summed E-state index contributed by atoms with van der Waals surface area (Å²) in [6.07, 6.45) is 4.85. The van der Waals surface area contributed by atoms with Crippen LogP contribution in [0.1, 0.15) is 6.42 Å². The molecule has 0 N–H and O–H groups in total. The van der Waals surface area contributed by atoms with E-state index in [4.69, 9.17) is 9.47 Å². The van der Waals surface area contributed by atoms with Crippen LogP contribution in [0.2, 0.25) is 0 Å². The van der Waals surface area contributed by atoms with Gasteiger partial charge in [0.1, 0.15) is 12.4 Å². The van der Waals surface area contributed by atoms with Crippen LogP contribution in [0.3, 0.4) is 0 Å². The Hall–Kier alpha value is -1.33. The lowest BCUT2D eigenvalue weighted by atomic mass is 10.3. The van der Waals surface area contributed by atoms with Gasteiger partial charge >= 0.3 is 0 Å². The average molecular weight is 265 g/mol. The molecule has 1 aromatic heterocycles. The molecule has 1 saturated heterocycles. The van der Waals surface area contributed by atoms with Gasteiger partial charge in [0.05, 0.1) is 24.7 Å². The van der Waals surface area contributed by atoms with E-state index in [2.05, 4.69) is 27.9 Å². The molecule has 0 unspecified atom stereocenters. The molecule has 2 rings (SSSR count). The normalized spacial score (nSPS) is 17.3. The highest BCUT2D eigenvalue weighted by Crippen LogP contribution is 2.20. The second kappa shape index (κ2) is 7.31. The van der Waals surface area contributed by atoms with Crippen LogP contribution in [0.25, 0.3) is 0 Å². The van der Waals surface area contributed by atoms with Crippen molar-refractivity contribution in [3.05, 3.63) is 18.5 Å². The molecule has 0 atom stereocenters. The highest BCUT2D eigenvalue weighted by molar-refractivity contribution is 5.48. The zero-order valence-electron chi connectivity index (χ0n) is 11.8. The predicted molar refractivity (Wildman–Crippen MR) is 75.9 cm³/mol. The van der Waals surface area contributed by atoms with Crippen molar-refractivity contribution in [3.63, 3.8) is 0 Å². The zero-order chi connectivity index (χ0) is 13.5. The van der Waals surface area contributed by atoms with Gasteiger partial charge in [0, 0.05) is 32.8 Å². The van der Waals surface area contributed by atoms with Crippen molar-refractivity contribution < 1.29 is 9.47 Å². The number of methoxy groups -OCH3 is 1. The molecule has 1 aliphatic rings. The SMILES string of the molecule is COCCOc1cncc(N2CCCN(C)CC2)c1. The monoisotopic (exact) mass is 265 g/mol. The van der Waals surface area contributed by atoms with Crippen molar-refractivity contribution in [2.24, 2.45) is 0 Å². The number of anilines is 1. The topological polar surface area (TPSA) is 37.8 Å². The fourth-order valence-corrected chi connectivity index (χ4v) is 2.21. The van der Waals surface area contributed by atoms with Crippen molar-refractivity contribution in [1.29, 1.82) is 0 Å². The number of nitrogens with zero attached hydrogens (tertiary/aromatic N) is 3. The van der Waals surface area contributed by atoms with E-state index >= 15 is 0 Å². The number of likely N-dealkylation sites (N-methyl/N-ethyl adjacent to an activating group) is 1. The van der Waals surface area contributed by atoms with Crippen molar-refractivity contribution in [1.82, 2.24) is 9.88 Å². The van der Waals surface area contributed by atoms with Crippen LogP contribution in [0.4, 0.5) is 5.69 Å². The van der Waals surface area contributed by atoms with Gasteiger partial charge in [-0.2, -0.15) is 0 Å². The first-order valence-electron chi connectivity index (χ1n) is 6.80. The Morgan fingerprint density at radius 2 is 2.05 bits per heavy atom. The predicted octanol–water partition coefficient (Wildman–Crippen LogP) is 1.25. The standard InChI is InChI=1S/C14H23N3O2/c1-16-4-3-5-17(7-6-16)13-10-14(12-15-11-13)19-9-8-18-2/h10-12H,3-9H2,1-2H3. The van der Waals surface area contributed by atoms with Crippen LogP contribution in [-0.4, -0.2) is 63.4 Å². The van der Waals surface area contributed by atoms with Gasteiger partial charge in [0.2, 0.25) is 0 Å². The summed E-state index contributed by atoms with van der Waals surface area (Å²) in [7, 11) is 3.85. The fraction of sp³-hybridized carbons (Fsp3) is 0.643. The molecule has 0 bridgehead atoms. The molecule has 2 heterocycles. The van der Waals surface area contributed by atoms with Gasteiger partial charge in [-0.15, -0.1) is 0 Å². The van der Waals surface area contributed by atoms with Crippen molar-refractivity contribution in [2.75, 3.05) is 58.5 Å². The first-order valence-corrected chi connectivity index (χ1v) is 6.80. The summed E-state index contributed by atoms with van der Waals surface area (Å²) in [4.78, 5) is 9.01. The Balaban J connectivity index is 1.97. The Kier molecular flexibility index (Phi) is 5.42. The molecule has 0 aromatic carbocycles. The number of aromatic nitrogens is 1. The van der Waals surface area contributed by atoms with Crippen LogP contribution in [0.5, 0.6) is 5.75 Å². The molecule has 0 radical (unpaired) electrons. The number of hydrogen-bond acceptors (Lipinski definition) is 5. The quantitative estimate of drug-likeness (QED) is 0.749. The minimum atomic E-state index is 0.560. The minimum Gasteiger partial charge on any atom is -0.489 e. The van der Waals surface area contributed by atoms with Crippen LogP contribution in [0.15, 0.2) is 18.5 Å². The third kappa shape index (κ3) is 4.36. The minimum absolute atomic E-state index is 0.560. The number of ether oxygens (including phenoxy) is 2. The lowest BCUT2D eigenvalue weighted by Gasteiger charge is -2.22. The number of hydrogen-bond donors (Lipinski definition) is 0. The molecule has 0 spiro atoms. The maximum atomic E-state index is 5.61. The third-order valence-electron chi connectivity index (χ3n) is 3.34. The lowest BCUT2D eigenvalue weighted by molar-refractivity contribution is 0.146. The molecule has 0 amide bonds. The third-order valence-corrected chi connectivity index (χ3v) is 3.34. The van der Waals surface area contributed by atoms with E-state index in [0.717, 1.165) is 37.6 Å². The zero-order valence-corrected chi connectivity index (χ0v) is 11.8. The summed E-state index contributed by atoms with van der Waals surface area (Å²) >= 11 is 0. The highest BCUT2D eigenvalue weighted by atomic mass is 16.5. The number of pyridine rings is 1. The largest absolute Gasteiger partial charge is 0.489 e. The Morgan fingerprint density at radius 3 is 2.89 bits per heavy atom. The van der Waals surface area contributed by atoms with Crippen LogP contribution in [-0.2, 0) is 4.74 Å². The van der Waals surface area contributed by atoms with E-state index in [-0.39, 0.29) is 0 Å². The lowest BCUT2D eigenvalue weighted by Crippen LogP contribution is -2.28. The molecule has 1 aromatic rings. The van der Waals surface area contributed by atoms with Crippen LogP contribution < -0.4 is 9.64 Å². The molecule has 1 fully saturated rings. The van der Waals surface area contributed by atoms with E-state index in [1.807, 2.05) is 6.20 Å². The molecule has 0 saturated carbocycles. The van der Waals surface area contributed by atoms with Crippen LogP contribution in [0, 0.1) is 0 Å². The molecule has 106 valence electrons. The first-order chi connectivity index (χ1) is 9.29. The van der Waals surface area contributed by atoms with Crippen molar-refractivity contribution in [2.45, 2.75) is 6.42 Å². The van der Waals surface area contributed by atoms with E-state index in [1.165, 1.54) is 6.42 Å². The van der Waals surface area contributed by atoms with E-state index in [1.54, 1.807) is 13.3 Å². The Labute approximate surface area is 115 Å². The second-order valence-electron chi connectivity index (χ2n) is 4.86. The van der Waals surface area contributed by atoms with Crippen LogP contribution >= 0.6 is 0 Å². The number of rotatable bonds is 5. The maximum absolute atomic E-state index is 5.61. The fourth-order valence-electron chi connectivity index (χ4n) is 2.21. The van der Waals surface area contributed by atoms with E-state index in [9.17, 15) is 0 Å². The Bertz CT molecular complexity index is 387. The summed E-state index contributed by atoms with van der Waals surface area (Å²) in [5, 5.41) is 0. The molecule has 19 heavy (non-hydrogen) atoms. The summed E-state index contributed by atoms with van der Waals surface area (Å²) < 4.78 is 10.6. The van der Waals surface area contributed by atoms with E-state index in [0.29, 0.717) is 13.2 Å². The molecular formula is C14H23N3O2. The van der Waals surface area contributed by atoms with Gasteiger partial charge in [0.15, 0.2) is 0 Å². The van der Waals surface area contributed by atoms with Gasteiger partial charge in [0.25, 0.3) is 0 Å². The Morgan fingerprint density at radius 1 is 1.16 bits per heavy atom. The summed E-state index contributed by atoms with van der Waals surface area (Å²) in [6.45, 7) is 5.53. The summed E-state index contributed by atoms with van der Waals surface area (Å²) in [6, 6.07) is 2.06.